The van der Waals surface area contributed by atoms with Crippen LogP contribution in [0.25, 0.3) is 0 Å². The van der Waals surface area contributed by atoms with Crippen molar-refractivity contribution in [3.8, 4) is 5.75 Å². The van der Waals surface area contributed by atoms with E-state index in [1.54, 1.807) is 21.9 Å². The smallest absolute Gasteiger partial charge is 0.325 e. The molecule has 1 atom stereocenters. The number of rotatable bonds is 5. The Labute approximate surface area is 152 Å². The first-order valence-electron chi connectivity index (χ1n) is 8.53. The molecule has 1 fully saturated rings. The fourth-order valence-electron chi connectivity index (χ4n) is 3.19. The van der Waals surface area contributed by atoms with Crippen LogP contribution in [0.5, 0.6) is 5.75 Å². The minimum atomic E-state index is -1.00. The van der Waals surface area contributed by atoms with Gasteiger partial charge in [-0.05, 0) is 30.2 Å². The molecule has 0 aliphatic carbocycles. The third-order valence-electron chi connectivity index (χ3n) is 4.65. The number of benzene rings is 2. The zero-order chi connectivity index (χ0) is 18.7. The monoisotopic (exact) mass is 354 g/mol. The molecule has 2 aromatic carbocycles. The average molecular weight is 354 g/mol. The fourth-order valence-corrected chi connectivity index (χ4v) is 3.19. The molecule has 6 heteroatoms. The molecule has 6 nitrogen and oxygen atoms in total. The van der Waals surface area contributed by atoms with E-state index in [9.17, 15) is 19.8 Å². The van der Waals surface area contributed by atoms with Crippen molar-refractivity contribution in [2.45, 2.75) is 19.5 Å². The SMILES string of the molecule is Cc1ccc(CN2CCN([C@@H](C(=O)O)c3ccc(O)cc3)CC2=O)cc1. The van der Waals surface area contributed by atoms with Gasteiger partial charge < -0.3 is 15.1 Å². The number of piperazine rings is 1. The summed E-state index contributed by atoms with van der Waals surface area (Å²) < 4.78 is 0. The maximum absolute atomic E-state index is 12.5. The number of hydrogen-bond acceptors (Lipinski definition) is 4. The van der Waals surface area contributed by atoms with E-state index in [4.69, 9.17) is 0 Å². The van der Waals surface area contributed by atoms with Gasteiger partial charge in [0.2, 0.25) is 5.91 Å². The lowest BCUT2D eigenvalue weighted by Crippen LogP contribution is -2.52. The minimum absolute atomic E-state index is 0.0592. The third kappa shape index (κ3) is 4.03. The summed E-state index contributed by atoms with van der Waals surface area (Å²) in [5.41, 5.74) is 2.78. The maximum Gasteiger partial charge on any atom is 0.325 e. The second-order valence-corrected chi connectivity index (χ2v) is 6.60. The van der Waals surface area contributed by atoms with E-state index < -0.39 is 12.0 Å². The molecule has 1 aliphatic rings. The predicted molar refractivity (Wildman–Crippen MR) is 96.7 cm³/mol. The Morgan fingerprint density at radius 3 is 2.31 bits per heavy atom. The second-order valence-electron chi connectivity index (χ2n) is 6.60. The van der Waals surface area contributed by atoms with Crippen molar-refractivity contribution in [2.75, 3.05) is 19.6 Å². The van der Waals surface area contributed by atoms with Crippen LogP contribution in [0, 0.1) is 6.92 Å². The zero-order valence-electron chi connectivity index (χ0n) is 14.6. The van der Waals surface area contributed by atoms with Gasteiger partial charge in [0.05, 0.1) is 6.54 Å². The molecule has 0 radical (unpaired) electrons. The van der Waals surface area contributed by atoms with Gasteiger partial charge in [0, 0.05) is 19.6 Å². The largest absolute Gasteiger partial charge is 0.508 e. The van der Waals surface area contributed by atoms with Crippen LogP contribution in [0.15, 0.2) is 48.5 Å². The van der Waals surface area contributed by atoms with E-state index in [1.807, 2.05) is 31.2 Å². The predicted octanol–water partition coefficient (Wildman–Crippen LogP) is 2.17. The van der Waals surface area contributed by atoms with Gasteiger partial charge in [0.25, 0.3) is 0 Å². The molecule has 1 aliphatic heterocycles. The number of aryl methyl sites for hydroxylation is 1. The van der Waals surface area contributed by atoms with E-state index in [-0.39, 0.29) is 18.2 Å². The van der Waals surface area contributed by atoms with Gasteiger partial charge in [-0.3, -0.25) is 14.5 Å². The van der Waals surface area contributed by atoms with E-state index in [1.165, 1.54) is 17.7 Å². The molecular formula is C20H22N2O4. The number of hydrogen-bond donors (Lipinski definition) is 2. The molecule has 0 aromatic heterocycles. The normalized spacial score (nSPS) is 16.5. The lowest BCUT2D eigenvalue weighted by atomic mass is 10.0. The van der Waals surface area contributed by atoms with E-state index in [0.29, 0.717) is 25.2 Å². The number of aromatic hydroxyl groups is 1. The minimum Gasteiger partial charge on any atom is -0.508 e. The summed E-state index contributed by atoms with van der Waals surface area (Å²) in [6.07, 6.45) is 0. The van der Waals surface area contributed by atoms with Crippen molar-refractivity contribution in [3.05, 3.63) is 65.2 Å². The summed E-state index contributed by atoms with van der Waals surface area (Å²) in [5, 5.41) is 19.0. The first-order chi connectivity index (χ1) is 12.4. The Bertz CT molecular complexity index is 786. The van der Waals surface area contributed by atoms with Crippen LogP contribution in [-0.2, 0) is 16.1 Å². The molecule has 0 spiro atoms. The van der Waals surface area contributed by atoms with Crippen molar-refractivity contribution < 1.29 is 19.8 Å². The molecule has 0 unspecified atom stereocenters. The summed E-state index contributed by atoms with van der Waals surface area (Å²) >= 11 is 0. The lowest BCUT2D eigenvalue weighted by Gasteiger charge is -2.37. The van der Waals surface area contributed by atoms with Crippen molar-refractivity contribution >= 4 is 11.9 Å². The lowest BCUT2D eigenvalue weighted by molar-refractivity contribution is -0.148. The van der Waals surface area contributed by atoms with Crippen LogP contribution < -0.4 is 0 Å². The average Bonchev–Trinajstić information content (AvgIpc) is 2.61. The number of carbonyl (C=O) groups excluding carboxylic acids is 1. The Hall–Kier alpha value is -2.86. The third-order valence-corrected chi connectivity index (χ3v) is 4.65. The maximum atomic E-state index is 12.5. The van der Waals surface area contributed by atoms with Crippen molar-refractivity contribution in [1.29, 1.82) is 0 Å². The highest BCUT2D eigenvalue weighted by atomic mass is 16.4. The standard InChI is InChI=1S/C20H22N2O4/c1-14-2-4-15(5-3-14)12-21-10-11-22(13-18(21)24)19(20(25)26)16-6-8-17(23)9-7-16/h2-9,19,23H,10-13H2,1H3,(H,25,26)/t19-/m1/s1. The zero-order valence-corrected chi connectivity index (χ0v) is 14.6. The number of carbonyl (C=O) groups is 2. The summed E-state index contributed by atoms with van der Waals surface area (Å²) in [6, 6.07) is 13.2. The van der Waals surface area contributed by atoms with Crippen LogP contribution in [0.4, 0.5) is 0 Å². The van der Waals surface area contributed by atoms with Crippen LogP contribution >= 0.6 is 0 Å². The molecule has 0 saturated carbocycles. The van der Waals surface area contributed by atoms with Gasteiger partial charge in [0.1, 0.15) is 11.8 Å². The number of aliphatic carboxylic acids is 1. The second kappa shape index (κ2) is 7.58. The van der Waals surface area contributed by atoms with E-state index in [2.05, 4.69) is 0 Å². The number of carboxylic acids is 1. The van der Waals surface area contributed by atoms with Crippen LogP contribution in [0.2, 0.25) is 0 Å². The van der Waals surface area contributed by atoms with Crippen molar-refractivity contribution in [2.24, 2.45) is 0 Å². The van der Waals surface area contributed by atoms with Crippen molar-refractivity contribution in [1.82, 2.24) is 9.80 Å². The molecule has 2 N–H and O–H groups in total. The van der Waals surface area contributed by atoms with Gasteiger partial charge in [-0.15, -0.1) is 0 Å². The summed E-state index contributed by atoms with van der Waals surface area (Å²) in [4.78, 5) is 27.7. The molecule has 0 bridgehead atoms. The molecular weight excluding hydrogens is 332 g/mol. The van der Waals surface area contributed by atoms with Gasteiger partial charge in [-0.25, -0.2) is 0 Å². The van der Waals surface area contributed by atoms with E-state index in [0.717, 1.165) is 5.56 Å². The highest BCUT2D eigenvalue weighted by molar-refractivity contribution is 5.81. The van der Waals surface area contributed by atoms with Crippen LogP contribution in [0.1, 0.15) is 22.7 Å². The first-order valence-corrected chi connectivity index (χ1v) is 8.53. The molecule has 1 amide bonds. The molecule has 136 valence electrons. The van der Waals surface area contributed by atoms with Gasteiger partial charge in [-0.1, -0.05) is 42.0 Å². The summed E-state index contributed by atoms with van der Waals surface area (Å²) in [5.74, 6) is -1.01. The summed E-state index contributed by atoms with van der Waals surface area (Å²) in [6.45, 7) is 3.57. The number of carboxylic acid groups (broad SMARTS) is 1. The molecule has 2 aromatic rings. The summed E-state index contributed by atoms with van der Waals surface area (Å²) in [7, 11) is 0. The number of phenols is 1. The molecule has 1 heterocycles. The quantitative estimate of drug-likeness (QED) is 0.860. The highest BCUT2D eigenvalue weighted by Gasteiger charge is 2.33. The molecule has 26 heavy (non-hydrogen) atoms. The van der Waals surface area contributed by atoms with Gasteiger partial charge in [-0.2, -0.15) is 0 Å². The number of phenolic OH excluding ortho intramolecular Hbond substituents is 1. The number of nitrogens with zero attached hydrogens (tertiary/aromatic N) is 2. The Balaban J connectivity index is 1.69. The topological polar surface area (TPSA) is 81.1 Å². The first kappa shape index (κ1) is 17.9. The Morgan fingerprint density at radius 1 is 1.08 bits per heavy atom. The highest BCUT2D eigenvalue weighted by Crippen LogP contribution is 2.25. The van der Waals surface area contributed by atoms with Gasteiger partial charge >= 0.3 is 5.97 Å². The Morgan fingerprint density at radius 2 is 1.73 bits per heavy atom. The fraction of sp³-hybridized carbons (Fsp3) is 0.300. The van der Waals surface area contributed by atoms with Crippen molar-refractivity contribution in [3.63, 3.8) is 0 Å². The molecule has 1 saturated heterocycles. The Kier molecular flexibility index (Phi) is 5.23. The van der Waals surface area contributed by atoms with Crippen LogP contribution in [-0.4, -0.2) is 51.5 Å². The van der Waals surface area contributed by atoms with Crippen LogP contribution in [0.3, 0.4) is 0 Å². The number of amides is 1. The molecule has 3 rings (SSSR count). The van der Waals surface area contributed by atoms with Gasteiger partial charge in [0.15, 0.2) is 0 Å². The van der Waals surface area contributed by atoms with E-state index >= 15 is 0 Å².